The molecular formula is C16H14FN3O2S. The van der Waals surface area contributed by atoms with Crippen LogP contribution in [0.1, 0.15) is 6.42 Å². The molecule has 3 heterocycles. The van der Waals surface area contributed by atoms with Crippen LogP contribution in [0.3, 0.4) is 0 Å². The molecule has 118 valence electrons. The van der Waals surface area contributed by atoms with E-state index in [1.165, 1.54) is 18.5 Å². The van der Waals surface area contributed by atoms with Crippen LogP contribution in [0, 0.1) is 5.82 Å². The third kappa shape index (κ3) is 2.97. The summed E-state index contributed by atoms with van der Waals surface area (Å²) in [4.78, 5) is 9.40. The smallest absolute Gasteiger partial charge is 0.146 e. The number of hydrogen-bond donors (Lipinski definition) is 1. The van der Waals surface area contributed by atoms with Crippen LogP contribution >= 0.6 is 11.3 Å². The maximum Gasteiger partial charge on any atom is 0.146 e. The van der Waals surface area contributed by atoms with E-state index in [-0.39, 0.29) is 11.9 Å². The highest BCUT2D eigenvalue weighted by Gasteiger charge is 2.19. The Morgan fingerprint density at radius 2 is 2.26 bits per heavy atom. The molecule has 7 heteroatoms. The van der Waals surface area contributed by atoms with Crippen molar-refractivity contribution >= 4 is 33.1 Å². The van der Waals surface area contributed by atoms with Crippen molar-refractivity contribution in [2.24, 2.45) is 0 Å². The molecular weight excluding hydrogens is 317 g/mol. The first-order valence-corrected chi connectivity index (χ1v) is 8.17. The van der Waals surface area contributed by atoms with Gasteiger partial charge in [0.25, 0.3) is 0 Å². The highest BCUT2D eigenvalue weighted by molar-refractivity contribution is 7.16. The molecule has 1 unspecified atom stereocenters. The van der Waals surface area contributed by atoms with Crippen molar-refractivity contribution in [1.29, 1.82) is 0 Å². The van der Waals surface area contributed by atoms with E-state index < -0.39 is 0 Å². The summed E-state index contributed by atoms with van der Waals surface area (Å²) in [6, 6.07) is 6.39. The minimum atomic E-state index is -0.340. The van der Waals surface area contributed by atoms with Gasteiger partial charge in [-0.3, -0.25) is 0 Å². The highest BCUT2D eigenvalue weighted by atomic mass is 32.1. The number of nitrogens with one attached hydrogen (secondary N) is 1. The fourth-order valence-electron chi connectivity index (χ4n) is 2.50. The van der Waals surface area contributed by atoms with Crippen LogP contribution in [-0.2, 0) is 4.74 Å². The maximum absolute atomic E-state index is 13.6. The van der Waals surface area contributed by atoms with Gasteiger partial charge < -0.3 is 14.8 Å². The van der Waals surface area contributed by atoms with Crippen LogP contribution in [0.5, 0.6) is 5.75 Å². The summed E-state index contributed by atoms with van der Waals surface area (Å²) in [6.07, 6.45) is 2.26. The fraction of sp³-hybridized carbons (Fsp3) is 0.250. The van der Waals surface area contributed by atoms with Crippen molar-refractivity contribution < 1.29 is 13.9 Å². The van der Waals surface area contributed by atoms with Crippen molar-refractivity contribution in [3.8, 4) is 5.75 Å². The SMILES string of the molecule is Fc1ccc(Nc2ncnc3sccc23)c(OC2CCOC2)c1. The first kappa shape index (κ1) is 14.3. The van der Waals surface area contributed by atoms with Crippen LogP contribution in [-0.4, -0.2) is 29.3 Å². The first-order valence-electron chi connectivity index (χ1n) is 7.29. The Labute approximate surface area is 136 Å². The molecule has 0 saturated carbocycles. The summed E-state index contributed by atoms with van der Waals surface area (Å²) in [5.74, 6) is 0.797. The molecule has 1 saturated heterocycles. The summed E-state index contributed by atoms with van der Waals surface area (Å²) in [7, 11) is 0. The van der Waals surface area contributed by atoms with Gasteiger partial charge in [-0.15, -0.1) is 11.3 Å². The number of hydrogen-bond acceptors (Lipinski definition) is 6. The molecule has 1 N–H and O–H groups in total. The lowest BCUT2D eigenvalue weighted by atomic mass is 10.2. The topological polar surface area (TPSA) is 56.3 Å². The van der Waals surface area contributed by atoms with Gasteiger partial charge in [0.05, 0.1) is 24.3 Å². The molecule has 23 heavy (non-hydrogen) atoms. The fourth-order valence-corrected chi connectivity index (χ4v) is 3.23. The lowest BCUT2D eigenvalue weighted by molar-refractivity contribution is 0.141. The molecule has 0 radical (unpaired) electrons. The summed E-state index contributed by atoms with van der Waals surface area (Å²) >= 11 is 1.55. The molecule has 1 fully saturated rings. The Hall–Kier alpha value is -2.25. The lowest BCUT2D eigenvalue weighted by Gasteiger charge is -2.16. The molecule has 1 aliphatic rings. The summed E-state index contributed by atoms with van der Waals surface area (Å²) < 4.78 is 24.8. The number of ether oxygens (including phenoxy) is 2. The van der Waals surface area contributed by atoms with Gasteiger partial charge >= 0.3 is 0 Å². The Bertz CT molecular complexity index is 833. The van der Waals surface area contributed by atoms with Crippen molar-refractivity contribution in [2.75, 3.05) is 18.5 Å². The lowest BCUT2D eigenvalue weighted by Crippen LogP contribution is -2.16. The number of fused-ring (bicyclic) bond motifs is 1. The van der Waals surface area contributed by atoms with Crippen LogP contribution in [0.2, 0.25) is 0 Å². The molecule has 0 amide bonds. The Balaban J connectivity index is 1.66. The zero-order valence-corrected chi connectivity index (χ0v) is 13.0. The van der Waals surface area contributed by atoms with Crippen LogP contribution in [0.4, 0.5) is 15.9 Å². The number of halogens is 1. The van der Waals surface area contributed by atoms with Gasteiger partial charge in [-0.1, -0.05) is 0 Å². The van der Waals surface area contributed by atoms with E-state index in [4.69, 9.17) is 9.47 Å². The quantitative estimate of drug-likeness (QED) is 0.789. The van der Waals surface area contributed by atoms with Crippen molar-refractivity contribution in [3.05, 3.63) is 41.8 Å². The Kier molecular flexibility index (Phi) is 3.80. The van der Waals surface area contributed by atoms with Crippen LogP contribution in [0.15, 0.2) is 36.0 Å². The third-order valence-electron chi connectivity index (χ3n) is 3.64. The standard InChI is InChI=1S/C16H14FN3O2S/c17-10-1-2-13(14(7-10)22-11-3-5-21-8-11)20-15-12-4-6-23-16(12)19-9-18-15/h1-2,4,6-7,9,11H,3,5,8H2,(H,18,19,20). The zero-order valence-electron chi connectivity index (χ0n) is 12.2. The molecule has 1 atom stereocenters. The largest absolute Gasteiger partial charge is 0.486 e. The van der Waals surface area contributed by atoms with Gasteiger partial charge in [0.15, 0.2) is 0 Å². The van der Waals surface area contributed by atoms with Gasteiger partial charge in [0.2, 0.25) is 0 Å². The van der Waals surface area contributed by atoms with E-state index in [2.05, 4.69) is 15.3 Å². The van der Waals surface area contributed by atoms with Crippen LogP contribution in [0.25, 0.3) is 10.2 Å². The van der Waals surface area contributed by atoms with Crippen molar-refractivity contribution in [1.82, 2.24) is 9.97 Å². The normalized spacial score (nSPS) is 17.5. The average Bonchev–Trinajstić information content (AvgIpc) is 3.21. The molecule has 0 spiro atoms. The van der Waals surface area contributed by atoms with E-state index in [1.807, 2.05) is 11.4 Å². The minimum Gasteiger partial charge on any atom is -0.486 e. The molecule has 0 aliphatic carbocycles. The van der Waals surface area contributed by atoms with Gasteiger partial charge in [0, 0.05) is 12.5 Å². The molecule has 2 aromatic heterocycles. The average molecular weight is 331 g/mol. The van der Waals surface area contributed by atoms with E-state index >= 15 is 0 Å². The number of anilines is 2. The second kappa shape index (κ2) is 6.10. The van der Waals surface area contributed by atoms with Gasteiger partial charge in [0.1, 0.15) is 34.6 Å². The van der Waals surface area contributed by atoms with Crippen molar-refractivity contribution in [3.63, 3.8) is 0 Å². The summed E-state index contributed by atoms with van der Waals surface area (Å²) in [5, 5.41) is 6.11. The number of nitrogens with zero attached hydrogens (tertiary/aromatic N) is 2. The molecule has 5 nitrogen and oxygen atoms in total. The molecule has 1 aromatic carbocycles. The molecule has 0 bridgehead atoms. The minimum absolute atomic E-state index is 0.0519. The Morgan fingerprint density at radius 3 is 3.13 bits per heavy atom. The van der Waals surface area contributed by atoms with Crippen LogP contribution < -0.4 is 10.1 Å². The number of thiophene rings is 1. The highest BCUT2D eigenvalue weighted by Crippen LogP contribution is 2.33. The number of aromatic nitrogens is 2. The van der Waals surface area contributed by atoms with Gasteiger partial charge in [-0.25, -0.2) is 14.4 Å². The maximum atomic E-state index is 13.6. The second-order valence-electron chi connectivity index (χ2n) is 5.23. The van der Waals surface area contributed by atoms with E-state index in [0.29, 0.717) is 30.5 Å². The predicted molar refractivity (Wildman–Crippen MR) is 86.9 cm³/mol. The van der Waals surface area contributed by atoms with Crippen molar-refractivity contribution in [2.45, 2.75) is 12.5 Å². The number of benzene rings is 1. The number of rotatable bonds is 4. The molecule has 3 aromatic rings. The van der Waals surface area contributed by atoms with E-state index in [9.17, 15) is 4.39 Å². The van der Waals surface area contributed by atoms with E-state index in [1.54, 1.807) is 17.4 Å². The Morgan fingerprint density at radius 1 is 1.30 bits per heavy atom. The zero-order chi connectivity index (χ0) is 15.6. The van der Waals surface area contributed by atoms with Gasteiger partial charge in [-0.2, -0.15) is 0 Å². The van der Waals surface area contributed by atoms with Gasteiger partial charge in [-0.05, 0) is 23.6 Å². The monoisotopic (exact) mass is 331 g/mol. The summed E-state index contributed by atoms with van der Waals surface area (Å²) in [6.45, 7) is 1.20. The van der Waals surface area contributed by atoms with E-state index in [0.717, 1.165) is 16.6 Å². The first-order chi connectivity index (χ1) is 11.3. The summed E-state index contributed by atoms with van der Waals surface area (Å²) in [5.41, 5.74) is 0.671. The molecule has 4 rings (SSSR count). The molecule has 1 aliphatic heterocycles. The predicted octanol–water partition coefficient (Wildman–Crippen LogP) is 3.74. The second-order valence-corrected chi connectivity index (χ2v) is 6.13. The third-order valence-corrected chi connectivity index (χ3v) is 4.46.